The number of rotatable bonds is 3. The first-order valence-corrected chi connectivity index (χ1v) is 8.49. The molecule has 19 heavy (non-hydrogen) atoms. The van der Waals surface area contributed by atoms with Crippen LogP contribution in [0.2, 0.25) is 0 Å². The van der Waals surface area contributed by atoms with Gasteiger partial charge in [-0.05, 0) is 68.1 Å². The molecule has 0 bridgehead atoms. The molecule has 0 spiro atoms. The summed E-state index contributed by atoms with van der Waals surface area (Å²) in [6.45, 7) is 5.09. The van der Waals surface area contributed by atoms with Gasteiger partial charge in [0.05, 0.1) is 0 Å². The molecule has 1 unspecified atom stereocenters. The van der Waals surface area contributed by atoms with E-state index < -0.39 is 0 Å². The SMILES string of the molecule is CC1(CCC2CCCC3=CC=CC[C@@]32C)CCCC1. The predicted molar refractivity (Wildman–Crippen MR) is 83.1 cm³/mol. The van der Waals surface area contributed by atoms with Gasteiger partial charge in [-0.3, -0.25) is 0 Å². The first-order chi connectivity index (χ1) is 9.12. The molecule has 0 radical (unpaired) electrons. The zero-order valence-corrected chi connectivity index (χ0v) is 12.9. The number of fused-ring (bicyclic) bond motifs is 1. The lowest BCUT2D eigenvalue weighted by Gasteiger charge is -2.45. The molecule has 106 valence electrons. The van der Waals surface area contributed by atoms with Gasteiger partial charge in [-0.15, -0.1) is 0 Å². The summed E-state index contributed by atoms with van der Waals surface area (Å²) in [5.41, 5.74) is 2.94. The summed E-state index contributed by atoms with van der Waals surface area (Å²) >= 11 is 0. The van der Waals surface area contributed by atoms with Crippen molar-refractivity contribution in [3.05, 3.63) is 23.8 Å². The van der Waals surface area contributed by atoms with Gasteiger partial charge in [0, 0.05) is 0 Å². The first kappa shape index (κ1) is 13.5. The highest BCUT2D eigenvalue weighted by Crippen LogP contribution is 2.52. The van der Waals surface area contributed by atoms with E-state index in [4.69, 9.17) is 0 Å². The Bertz CT molecular complexity index is 381. The van der Waals surface area contributed by atoms with Gasteiger partial charge in [-0.25, -0.2) is 0 Å². The molecule has 0 heterocycles. The Labute approximate surface area is 119 Å². The first-order valence-electron chi connectivity index (χ1n) is 8.49. The maximum Gasteiger partial charge on any atom is -0.00505 e. The van der Waals surface area contributed by atoms with E-state index in [1.165, 1.54) is 64.2 Å². The van der Waals surface area contributed by atoms with Crippen LogP contribution in [0, 0.1) is 16.7 Å². The molecule has 2 saturated carbocycles. The van der Waals surface area contributed by atoms with Crippen molar-refractivity contribution in [3.8, 4) is 0 Å². The standard InChI is InChI=1S/C19H30/c1-18(12-5-6-13-18)15-11-17-10-7-9-16-8-3-4-14-19(16,17)2/h3-4,8,17H,5-7,9-15H2,1-2H3/t17?,19-/m0/s1. The molecule has 0 nitrogen and oxygen atoms in total. The Morgan fingerprint density at radius 1 is 1.16 bits per heavy atom. The van der Waals surface area contributed by atoms with Gasteiger partial charge in [-0.2, -0.15) is 0 Å². The molecular formula is C19H30. The Kier molecular flexibility index (Phi) is 3.62. The Morgan fingerprint density at radius 3 is 2.74 bits per heavy atom. The molecule has 0 aromatic rings. The highest BCUT2D eigenvalue weighted by atomic mass is 14.5. The minimum absolute atomic E-state index is 0.502. The summed E-state index contributed by atoms with van der Waals surface area (Å²) in [5, 5.41) is 0. The molecule has 0 amide bonds. The second-order valence-electron chi connectivity index (χ2n) is 7.89. The molecule has 3 rings (SSSR count). The predicted octanol–water partition coefficient (Wildman–Crippen LogP) is 6.04. The van der Waals surface area contributed by atoms with Gasteiger partial charge in [0.25, 0.3) is 0 Å². The van der Waals surface area contributed by atoms with Crippen molar-refractivity contribution in [1.29, 1.82) is 0 Å². The quantitative estimate of drug-likeness (QED) is 0.579. The summed E-state index contributed by atoms with van der Waals surface area (Å²) in [6.07, 6.45) is 21.5. The van der Waals surface area contributed by atoms with Crippen molar-refractivity contribution in [2.45, 2.75) is 78.1 Å². The zero-order valence-electron chi connectivity index (χ0n) is 12.9. The summed E-state index contributed by atoms with van der Waals surface area (Å²) in [6, 6.07) is 0. The second kappa shape index (κ2) is 5.11. The Hall–Kier alpha value is -0.520. The van der Waals surface area contributed by atoms with Crippen LogP contribution in [0.5, 0.6) is 0 Å². The van der Waals surface area contributed by atoms with Crippen LogP contribution >= 0.6 is 0 Å². The molecular weight excluding hydrogens is 228 g/mol. The van der Waals surface area contributed by atoms with E-state index in [2.05, 4.69) is 32.1 Å². The van der Waals surface area contributed by atoms with Gasteiger partial charge in [0.2, 0.25) is 0 Å². The van der Waals surface area contributed by atoms with E-state index >= 15 is 0 Å². The van der Waals surface area contributed by atoms with Crippen LogP contribution in [0.4, 0.5) is 0 Å². The van der Waals surface area contributed by atoms with Gasteiger partial charge in [0.1, 0.15) is 0 Å². The van der Waals surface area contributed by atoms with Crippen LogP contribution in [0.25, 0.3) is 0 Å². The minimum Gasteiger partial charge on any atom is -0.0837 e. The normalized spacial score (nSPS) is 36.9. The topological polar surface area (TPSA) is 0 Å². The van der Waals surface area contributed by atoms with Crippen molar-refractivity contribution >= 4 is 0 Å². The molecule has 3 aliphatic rings. The van der Waals surface area contributed by atoms with E-state index in [1.54, 1.807) is 5.57 Å². The fraction of sp³-hybridized carbons (Fsp3) is 0.789. The number of hydrogen-bond acceptors (Lipinski definition) is 0. The molecule has 0 heteroatoms. The Morgan fingerprint density at radius 2 is 1.95 bits per heavy atom. The maximum atomic E-state index is 2.54. The van der Waals surface area contributed by atoms with Gasteiger partial charge in [-0.1, -0.05) is 50.5 Å². The summed E-state index contributed by atoms with van der Waals surface area (Å²) < 4.78 is 0. The number of hydrogen-bond donors (Lipinski definition) is 0. The maximum absolute atomic E-state index is 2.54. The van der Waals surface area contributed by atoms with Crippen molar-refractivity contribution < 1.29 is 0 Å². The van der Waals surface area contributed by atoms with Crippen LogP contribution in [-0.2, 0) is 0 Å². The summed E-state index contributed by atoms with van der Waals surface area (Å²) in [4.78, 5) is 0. The largest absolute Gasteiger partial charge is 0.0837 e. The van der Waals surface area contributed by atoms with E-state index in [0.717, 1.165) is 5.92 Å². The van der Waals surface area contributed by atoms with E-state index in [9.17, 15) is 0 Å². The Balaban J connectivity index is 1.67. The number of allylic oxidation sites excluding steroid dienone is 4. The lowest BCUT2D eigenvalue weighted by atomic mass is 9.59. The smallest absolute Gasteiger partial charge is 0.00505 e. The molecule has 0 saturated heterocycles. The van der Waals surface area contributed by atoms with Crippen molar-refractivity contribution in [3.63, 3.8) is 0 Å². The molecule has 0 aliphatic heterocycles. The third kappa shape index (κ3) is 2.56. The third-order valence-corrected chi connectivity index (χ3v) is 6.52. The van der Waals surface area contributed by atoms with Crippen LogP contribution in [-0.4, -0.2) is 0 Å². The van der Waals surface area contributed by atoms with Crippen LogP contribution < -0.4 is 0 Å². The molecule has 0 aromatic heterocycles. The summed E-state index contributed by atoms with van der Waals surface area (Å²) in [5.74, 6) is 0.940. The van der Waals surface area contributed by atoms with E-state index in [0.29, 0.717) is 10.8 Å². The molecule has 3 aliphatic carbocycles. The average Bonchev–Trinajstić information content (AvgIpc) is 2.83. The fourth-order valence-electron chi connectivity index (χ4n) is 4.94. The van der Waals surface area contributed by atoms with E-state index in [1.807, 2.05) is 0 Å². The fourth-order valence-corrected chi connectivity index (χ4v) is 4.94. The van der Waals surface area contributed by atoms with Gasteiger partial charge in [0.15, 0.2) is 0 Å². The average molecular weight is 258 g/mol. The molecule has 2 fully saturated rings. The second-order valence-corrected chi connectivity index (χ2v) is 7.89. The summed E-state index contributed by atoms with van der Waals surface area (Å²) in [7, 11) is 0. The lowest BCUT2D eigenvalue weighted by molar-refractivity contribution is 0.145. The minimum atomic E-state index is 0.502. The van der Waals surface area contributed by atoms with Crippen molar-refractivity contribution in [2.75, 3.05) is 0 Å². The molecule has 2 atom stereocenters. The highest BCUT2D eigenvalue weighted by molar-refractivity contribution is 5.28. The van der Waals surface area contributed by atoms with Crippen LogP contribution in [0.3, 0.4) is 0 Å². The zero-order chi connectivity index (χ0) is 13.3. The van der Waals surface area contributed by atoms with Gasteiger partial charge >= 0.3 is 0 Å². The van der Waals surface area contributed by atoms with Crippen molar-refractivity contribution in [1.82, 2.24) is 0 Å². The third-order valence-electron chi connectivity index (χ3n) is 6.52. The van der Waals surface area contributed by atoms with Crippen LogP contribution in [0.1, 0.15) is 78.1 Å². The lowest BCUT2D eigenvalue weighted by Crippen LogP contribution is -2.34. The van der Waals surface area contributed by atoms with Crippen molar-refractivity contribution in [2.24, 2.45) is 16.7 Å². The highest BCUT2D eigenvalue weighted by Gasteiger charge is 2.40. The molecule has 0 aromatic carbocycles. The van der Waals surface area contributed by atoms with E-state index in [-0.39, 0.29) is 0 Å². The van der Waals surface area contributed by atoms with Gasteiger partial charge < -0.3 is 0 Å². The monoisotopic (exact) mass is 258 g/mol. The molecule has 0 N–H and O–H groups in total. The van der Waals surface area contributed by atoms with Crippen LogP contribution in [0.15, 0.2) is 23.8 Å².